The second-order valence-corrected chi connectivity index (χ2v) is 7.61. The van der Waals surface area contributed by atoms with Crippen molar-refractivity contribution in [3.05, 3.63) is 54.1 Å². The van der Waals surface area contributed by atoms with Crippen LogP contribution < -0.4 is 19.5 Å². The highest BCUT2D eigenvalue weighted by Crippen LogP contribution is 2.34. The zero-order valence-electron chi connectivity index (χ0n) is 17.2. The van der Waals surface area contributed by atoms with E-state index in [2.05, 4.69) is 5.32 Å². The van der Waals surface area contributed by atoms with Gasteiger partial charge in [-0.3, -0.25) is 9.59 Å². The Kier molecular flexibility index (Phi) is 5.79. The summed E-state index contributed by atoms with van der Waals surface area (Å²) in [6.07, 6.45) is 0.362. The van der Waals surface area contributed by atoms with Crippen LogP contribution in [0.2, 0.25) is 0 Å². The number of benzene rings is 2. The van der Waals surface area contributed by atoms with E-state index in [1.165, 1.54) is 0 Å². The molecule has 4 rings (SSSR count). The van der Waals surface area contributed by atoms with E-state index in [0.717, 1.165) is 0 Å². The van der Waals surface area contributed by atoms with E-state index in [9.17, 15) is 9.59 Å². The maximum atomic E-state index is 13.0. The molecule has 0 saturated carbocycles. The molecule has 7 heteroatoms. The number of piperidine rings is 1. The Labute approximate surface area is 175 Å². The Hall–Kier alpha value is -3.22. The van der Waals surface area contributed by atoms with E-state index in [-0.39, 0.29) is 24.0 Å². The van der Waals surface area contributed by atoms with Crippen LogP contribution >= 0.6 is 0 Å². The maximum absolute atomic E-state index is 13.0. The highest BCUT2D eigenvalue weighted by atomic mass is 16.6. The highest BCUT2D eigenvalue weighted by Gasteiger charge is 2.38. The van der Waals surface area contributed by atoms with Gasteiger partial charge in [-0.1, -0.05) is 18.2 Å². The average molecular weight is 410 g/mol. The maximum Gasteiger partial charge on any atom is 0.267 e. The molecule has 2 aliphatic heterocycles. The van der Waals surface area contributed by atoms with Crippen molar-refractivity contribution >= 4 is 11.8 Å². The van der Waals surface area contributed by atoms with Gasteiger partial charge >= 0.3 is 0 Å². The first-order chi connectivity index (χ1) is 14.5. The molecule has 7 nitrogen and oxygen atoms in total. The number of carbonyl (C=O) groups is 2. The van der Waals surface area contributed by atoms with Crippen LogP contribution in [-0.2, 0) is 4.79 Å². The summed E-state index contributed by atoms with van der Waals surface area (Å²) in [6, 6.07) is 14.5. The number of nitrogens with zero attached hydrogens (tertiary/aromatic N) is 1. The van der Waals surface area contributed by atoms with E-state index in [0.29, 0.717) is 48.7 Å². The molecule has 1 N–H and O–H groups in total. The number of methoxy groups -OCH3 is 1. The van der Waals surface area contributed by atoms with Crippen LogP contribution in [0.3, 0.4) is 0 Å². The third-order valence-electron chi connectivity index (χ3n) is 5.56. The minimum atomic E-state index is -0.664. The lowest BCUT2D eigenvalue weighted by atomic mass is 10.0. The zero-order chi connectivity index (χ0) is 21.1. The van der Waals surface area contributed by atoms with Crippen LogP contribution in [-0.4, -0.2) is 55.2 Å². The Balaban J connectivity index is 1.32. The Bertz CT molecular complexity index is 923. The molecule has 0 radical (unpaired) electrons. The van der Waals surface area contributed by atoms with E-state index in [1.807, 2.05) is 31.2 Å². The molecule has 0 unspecified atom stereocenters. The van der Waals surface area contributed by atoms with Crippen LogP contribution in [0.5, 0.6) is 17.2 Å². The molecule has 30 heavy (non-hydrogen) atoms. The van der Waals surface area contributed by atoms with Crippen LogP contribution in [0.4, 0.5) is 0 Å². The van der Waals surface area contributed by atoms with Crippen molar-refractivity contribution in [3.63, 3.8) is 0 Å². The SMILES string of the molecule is COc1cccc(C(=O)NC2CCN(C(=O)[C@H]3Oc4ccccc4O[C@H]3C)CC2)c1. The van der Waals surface area contributed by atoms with Gasteiger partial charge in [-0.2, -0.15) is 0 Å². The van der Waals surface area contributed by atoms with Gasteiger partial charge in [-0.25, -0.2) is 0 Å². The van der Waals surface area contributed by atoms with Crippen LogP contribution in [0.15, 0.2) is 48.5 Å². The monoisotopic (exact) mass is 410 g/mol. The molecule has 1 saturated heterocycles. The van der Waals surface area contributed by atoms with Gasteiger partial charge < -0.3 is 24.4 Å². The number of fused-ring (bicyclic) bond motifs is 1. The third-order valence-corrected chi connectivity index (χ3v) is 5.56. The predicted molar refractivity (Wildman–Crippen MR) is 111 cm³/mol. The number of ether oxygens (including phenoxy) is 3. The molecule has 0 spiro atoms. The molecular weight excluding hydrogens is 384 g/mol. The molecule has 2 amide bonds. The minimum absolute atomic E-state index is 0.0226. The largest absolute Gasteiger partial charge is 0.497 e. The lowest BCUT2D eigenvalue weighted by molar-refractivity contribution is -0.145. The zero-order valence-corrected chi connectivity index (χ0v) is 17.2. The number of rotatable bonds is 4. The van der Waals surface area contributed by atoms with Crippen molar-refractivity contribution in [2.24, 2.45) is 0 Å². The first-order valence-corrected chi connectivity index (χ1v) is 10.2. The van der Waals surface area contributed by atoms with Crippen molar-refractivity contribution in [1.29, 1.82) is 0 Å². The summed E-state index contributed by atoms with van der Waals surface area (Å²) in [6.45, 7) is 2.98. The van der Waals surface area contributed by atoms with E-state index in [1.54, 1.807) is 36.3 Å². The van der Waals surface area contributed by atoms with E-state index < -0.39 is 6.10 Å². The van der Waals surface area contributed by atoms with Gasteiger partial charge in [0.25, 0.3) is 11.8 Å². The van der Waals surface area contributed by atoms with Gasteiger partial charge in [0.1, 0.15) is 11.9 Å². The van der Waals surface area contributed by atoms with Crippen LogP contribution in [0, 0.1) is 0 Å². The van der Waals surface area contributed by atoms with Crippen LogP contribution in [0.1, 0.15) is 30.1 Å². The lowest BCUT2D eigenvalue weighted by Gasteiger charge is -2.37. The Morgan fingerprint density at radius 1 is 1.03 bits per heavy atom. The molecule has 2 atom stereocenters. The molecule has 1 fully saturated rings. The van der Waals surface area contributed by atoms with Crippen molar-refractivity contribution < 1.29 is 23.8 Å². The smallest absolute Gasteiger partial charge is 0.267 e. The topological polar surface area (TPSA) is 77.1 Å². The first-order valence-electron chi connectivity index (χ1n) is 10.2. The number of carbonyl (C=O) groups excluding carboxylic acids is 2. The predicted octanol–water partition coefficient (Wildman–Crippen LogP) is 2.64. The van der Waals surface area contributed by atoms with Crippen molar-refractivity contribution in [1.82, 2.24) is 10.2 Å². The van der Waals surface area contributed by atoms with Gasteiger partial charge in [0.05, 0.1) is 7.11 Å². The van der Waals surface area contributed by atoms with Crippen molar-refractivity contribution in [2.75, 3.05) is 20.2 Å². The Morgan fingerprint density at radius 3 is 2.43 bits per heavy atom. The van der Waals surface area contributed by atoms with Gasteiger partial charge in [0.2, 0.25) is 6.10 Å². The molecule has 2 aromatic carbocycles. The molecule has 0 bridgehead atoms. The Morgan fingerprint density at radius 2 is 1.73 bits per heavy atom. The second-order valence-electron chi connectivity index (χ2n) is 7.61. The molecule has 2 aromatic rings. The van der Waals surface area contributed by atoms with Crippen molar-refractivity contribution in [3.8, 4) is 17.2 Å². The molecule has 0 aliphatic carbocycles. The van der Waals surface area contributed by atoms with Gasteiger partial charge in [0, 0.05) is 24.7 Å². The summed E-state index contributed by atoms with van der Waals surface area (Å²) in [5, 5.41) is 3.06. The van der Waals surface area contributed by atoms with E-state index >= 15 is 0 Å². The fraction of sp³-hybridized carbons (Fsp3) is 0.391. The quantitative estimate of drug-likeness (QED) is 0.839. The number of amides is 2. The molecule has 158 valence electrons. The third kappa shape index (κ3) is 4.20. The fourth-order valence-corrected chi connectivity index (χ4v) is 3.85. The summed E-state index contributed by atoms with van der Waals surface area (Å²) >= 11 is 0. The second kappa shape index (κ2) is 8.65. The number of hydrogen-bond donors (Lipinski definition) is 1. The number of nitrogens with one attached hydrogen (secondary N) is 1. The normalized spacial score (nSPS) is 21.1. The number of likely N-dealkylation sites (tertiary alicyclic amines) is 1. The van der Waals surface area contributed by atoms with Gasteiger partial charge in [-0.15, -0.1) is 0 Å². The molecule has 0 aromatic heterocycles. The average Bonchev–Trinajstić information content (AvgIpc) is 2.78. The first kappa shape index (κ1) is 20.1. The fourth-order valence-electron chi connectivity index (χ4n) is 3.85. The molecular formula is C23H26N2O5. The lowest BCUT2D eigenvalue weighted by Crippen LogP contribution is -2.54. The summed E-state index contributed by atoms with van der Waals surface area (Å²) in [5.74, 6) is 1.69. The summed E-state index contributed by atoms with van der Waals surface area (Å²) in [5.41, 5.74) is 0.563. The molecule has 2 aliphatic rings. The number of para-hydroxylation sites is 2. The van der Waals surface area contributed by atoms with Crippen LogP contribution in [0.25, 0.3) is 0 Å². The van der Waals surface area contributed by atoms with Crippen molar-refractivity contribution in [2.45, 2.75) is 38.0 Å². The summed E-state index contributed by atoms with van der Waals surface area (Å²) in [7, 11) is 1.57. The van der Waals surface area contributed by atoms with Gasteiger partial charge in [-0.05, 0) is 50.1 Å². The highest BCUT2D eigenvalue weighted by molar-refractivity contribution is 5.94. The minimum Gasteiger partial charge on any atom is -0.497 e. The summed E-state index contributed by atoms with van der Waals surface area (Å²) in [4.78, 5) is 27.3. The standard InChI is InChI=1S/C23H26N2O5/c1-15-21(30-20-9-4-3-8-19(20)29-15)23(27)25-12-10-17(11-13-25)24-22(26)16-6-5-7-18(14-16)28-2/h3-9,14-15,17,21H,10-13H2,1-2H3,(H,24,26)/t15-,21-/m0/s1. The summed E-state index contributed by atoms with van der Waals surface area (Å²) < 4.78 is 17.0. The van der Waals surface area contributed by atoms with E-state index in [4.69, 9.17) is 14.2 Å². The number of hydrogen-bond acceptors (Lipinski definition) is 5. The molecule has 2 heterocycles. The van der Waals surface area contributed by atoms with Gasteiger partial charge in [0.15, 0.2) is 11.5 Å².